The van der Waals surface area contributed by atoms with Crippen LogP contribution in [0, 0.1) is 0 Å². The number of β-amino-alcohol motifs (C(OH)–C–C–N with tert-alkyl or cyclic N) is 1. The van der Waals surface area contributed by atoms with Gasteiger partial charge in [-0.15, -0.1) is 0 Å². The summed E-state index contributed by atoms with van der Waals surface area (Å²) in [5.41, 5.74) is 0.661. The van der Waals surface area contributed by atoms with E-state index in [0.717, 1.165) is 44.5 Å². The van der Waals surface area contributed by atoms with Crippen LogP contribution in [0.3, 0.4) is 0 Å². The van der Waals surface area contributed by atoms with E-state index in [0.29, 0.717) is 12.2 Å². The van der Waals surface area contributed by atoms with E-state index in [1.165, 1.54) is 0 Å². The van der Waals surface area contributed by atoms with Crippen molar-refractivity contribution in [2.45, 2.75) is 18.9 Å². The van der Waals surface area contributed by atoms with Gasteiger partial charge < -0.3 is 14.7 Å². The van der Waals surface area contributed by atoms with Gasteiger partial charge in [-0.2, -0.15) is 0 Å². The zero-order chi connectivity index (χ0) is 12.8. The first-order valence-electron chi connectivity index (χ1n) is 6.36. The van der Waals surface area contributed by atoms with Crippen molar-refractivity contribution in [3.63, 3.8) is 0 Å². The van der Waals surface area contributed by atoms with Gasteiger partial charge in [0.25, 0.3) is 0 Å². The second kappa shape index (κ2) is 6.52. The molecule has 0 spiro atoms. The zero-order valence-corrected chi connectivity index (χ0v) is 10.4. The largest absolute Gasteiger partial charge is 0.494 e. The molecule has 1 heterocycles. The summed E-state index contributed by atoms with van der Waals surface area (Å²) in [7, 11) is 0. The number of aliphatic hydroxyl groups is 1. The molecule has 1 saturated heterocycles. The number of hydrogen-bond donors (Lipinski definition) is 1. The first-order valence-corrected chi connectivity index (χ1v) is 6.36. The summed E-state index contributed by atoms with van der Waals surface area (Å²) in [4.78, 5) is 12.7. The van der Waals surface area contributed by atoms with Crippen LogP contribution in [-0.2, 0) is 0 Å². The molecule has 1 aliphatic heterocycles. The highest BCUT2D eigenvalue weighted by atomic mass is 16.5. The quantitative estimate of drug-likeness (QED) is 0.610. The van der Waals surface area contributed by atoms with Crippen LogP contribution in [0.5, 0.6) is 5.75 Å². The van der Waals surface area contributed by atoms with Gasteiger partial charge >= 0.3 is 0 Å². The van der Waals surface area contributed by atoms with Crippen LogP contribution in [-0.4, -0.2) is 48.6 Å². The van der Waals surface area contributed by atoms with Crippen molar-refractivity contribution < 1.29 is 14.6 Å². The van der Waals surface area contributed by atoms with Crippen molar-refractivity contribution in [1.82, 2.24) is 4.90 Å². The van der Waals surface area contributed by atoms with Gasteiger partial charge in [-0.25, -0.2) is 0 Å². The second-order valence-electron chi connectivity index (χ2n) is 4.63. The predicted octanol–water partition coefficient (Wildman–Crippen LogP) is 1.33. The number of likely N-dealkylation sites (tertiary alicyclic amines) is 1. The summed E-state index contributed by atoms with van der Waals surface area (Å²) in [6, 6.07) is 7.12. The van der Waals surface area contributed by atoms with Gasteiger partial charge in [0.05, 0.1) is 12.7 Å². The number of nitrogens with zero attached hydrogens (tertiary/aromatic N) is 1. The number of aliphatic hydroxyl groups excluding tert-OH is 1. The Morgan fingerprint density at radius 2 is 2.17 bits per heavy atom. The standard InChI is InChI=1S/C14H19NO3/c16-11-12-2-4-14(5-3-12)18-9-1-7-15-8-6-13(17)10-15/h2-5,11,13,17H,1,6-10H2. The number of aldehydes is 1. The number of hydrogen-bond acceptors (Lipinski definition) is 4. The molecule has 1 unspecified atom stereocenters. The molecule has 98 valence electrons. The molecule has 0 amide bonds. The van der Waals surface area contributed by atoms with Crippen LogP contribution in [0.1, 0.15) is 23.2 Å². The zero-order valence-electron chi connectivity index (χ0n) is 10.4. The molecule has 18 heavy (non-hydrogen) atoms. The Morgan fingerprint density at radius 1 is 1.39 bits per heavy atom. The maximum atomic E-state index is 10.5. The van der Waals surface area contributed by atoms with Crippen LogP contribution >= 0.6 is 0 Å². The molecule has 0 aliphatic carbocycles. The van der Waals surface area contributed by atoms with E-state index in [2.05, 4.69) is 4.90 Å². The second-order valence-corrected chi connectivity index (χ2v) is 4.63. The first kappa shape index (κ1) is 13.1. The maximum Gasteiger partial charge on any atom is 0.150 e. The Morgan fingerprint density at radius 3 is 2.78 bits per heavy atom. The number of rotatable bonds is 6. The fourth-order valence-corrected chi connectivity index (χ4v) is 2.14. The molecule has 1 aliphatic rings. The summed E-state index contributed by atoms with van der Waals surface area (Å²) >= 11 is 0. The van der Waals surface area contributed by atoms with Gasteiger partial charge in [-0.3, -0.25) is 4.79 Å². The molecule has 4 heteroatoms. The highest BCUT2D eigenvalue weighted by Crippen LogP contribution is 2.12. The van der Waals surface area contributed by atoms with Gasteiger partial charge in [0.2, 0.25) is 0 Å². The van der Waals surface area contributed by atoms with E-state index in [4.69, 9.17) is 4.74 Å². The smallest absolute Gasteiger partial charge is 0.150 e. The molecule has 0 radical (unpaired) electrons. The van der Waals surface area contributed by atoms with E-state index in [9.17, 15) is 9.90 Å². The Balaban J connectivity index is 1.64. The van der Waals surface area contributed by atoms with E-state index in [1.54, 1.807) is 12.1 Å². The molecule has 4 nitrogen and oxygen atoms in total. The average Bonchev–Trinajstić information content (AvgIpc) is 2.81. The van der Waals surface area contributed by atoms with Crippen LogP contribution in [0.25, 0.3) is 0 Å². The third-order valence-corrected chi connectivity index (χ3v) is 3.15. The molecule has 2 rings (SSSR count). The van der Waals surface area contributed by atoms with Crippen molar-refractivity contribution in [2.24, 2.45) is 0 Å². The number of carbonyl (C=O) groups is 1. The van der Waals surface area contributed by atoms with Gasteiger partial charge in [-0.1, -0.05) is 0 Å². The molecule has 0 aromatic heterocycles. The summed E-state index contributed by atoms with van der Waals surface area (Å²) < 4.78 is 5.59. The van der Waals surface area contributed by atoms with Gasteiger partial charge in [0.15, 0.2) is 0 Å². The topological polar surface area (TPSA) is 49.8 Å². The Kier molecular flexibility index (Phi) is 4.73. The summed E-state index contributed by atoms with van der Waals surface area (Å²) in [6.07, 6.45) is 2.50. The monoisotopic (exact) mass is 249 g/mol. The lowest BCUT2D eigenvalue weighted by molar-refractivity contribution is 0.112. The molecule has 1 fully saturated rings. The molecule has 1 aromatic carbocycles. The lowest BCUT2D eigenvalue weighted by atomic mass is 10.2. The maximum absolute atomic E-state index is 10.5. The van der Waals surface area contributed by atoms with Crippen LogP contribution in [0.4, 0.5) is 0 Å². The van der Waals surface area contributed by atoms with Crippen molar-refractivity contribution >= 4 is 6.29 Å². The van der Waals surface area contributed by atoms with Crippen LogP contribution < -0.4 is 4.74 Å². The average molecular weight is 249 g/mol. The van der Waals surface area contributed by atoms with E-state index < -0.39 is 0 Å². The van der Waals surface area contributed by atoms with Gasteiger partial charge in [0.1, 0.15) is 12.0 Å². The third kappa shape index (κ3) is 3.82. The first-order chi connectivity index (χ1) is 8.78. The minimum Gasteiger partial charge on any atom is -0.494 e. The SMILES string of the molecule is O=Cc1ccc(OCCCN2CCC(O)C2)cc1. The van der Waals surface area contributed by atoms with Crippen LogP contribution in [0.2, 0.25) is 0 Å². The molecule has 0 bridgehead atoms. The fourth-order valence-electron chi connectivity index (χ4n) is 2.14. The summed E-state index contributed by atoms with van der Waals surface area (Å²) in [5, 5.41) is 9.38. The molecular weight excluding hydrogens is 230 g/mol. The normalized spacial score (nSPS) is 19.9. The molecule has 1 aromatic rings. The Bertz CT molecular complexity index is 377. The highest BCUT2D eigenvalue weighted by Gasteiger charge is 2.18. The fraction of sp³-hybridized carbons (Fsp3) is 0.500. The Labute approximate surface area is 107 Å². The highest BCUT2D eigenvalue weighted by molar-refractivity contribution is 5.74. The lowest BCUT2D eigenvalue weighted by Gasteiger charge is -2.14. The van der Waals surface area contributed by atoms with Gasteiger partial charge in [0, 0.05) is 25.2 Å². The minimum atomic E-state index is -0.151. The predicted molar refractivity (Wildman–Crippen MR) is 69.0 cm³/mol. The lowest BCUT2D eigenvalue weighted by Crippen LogP contribution is -2.24. The Hall–Kier alpha value is -1.39. The number of carbonyl (C=O) groups excluding carboxylic acids is 1. The van der Waals surface area contributed by atoms with Crippen molar-refractivity contribution in [3.05, 3.63) is 29.8 Å². The van der Waals surface area contributed by atoms with Crippen molar-refractivity contribution in [2.75, 3.05) is 26.2 Å². The van der Waals surface area contributed by atoms with Crippen molar-refractivity contribution in [1.29, 1.82) is 0 Å². The minimum absolute atomic E-state index is 0.151. The summed E-state index contributed by atoms with van der Waals surface area (Å²) in [6.45, 7) is 3.39. The molecule has 1 N–H and O–H groups in total. The molecule has 0 saturated carbocycles. The number of ether oxygens (including phenoxy) is 1. The van der Waals surface area contributed by atoms with Crippen molar-refractivity contribution in [3.8, 4) is 5.75 Å². The molecular formula is C14H19NO3. The van der Waals surface area contributed by atoms with Gasteiger partial charge in [-0.05, 0) is 37.1 Å². The third-order valence-electron chi connectivity index (χ3n) is 3.15. The summed E-state index contributed by atoms with van der Waals surface area (Å²) in [5.74, 6) is 0.794. The van der Waals surface area contributed by atoms with E-state index in [-0.39, 0.29) is 6.10 Å². The van der Waals surface area contributed by atoms with E-state index in [1.807, 2.05) is 12.1 Å². The van der Waals surface area contributed by atoms with E-state index >= 15 is 0 Å². The molecule has 1 atom stereocenters. The number of benzene rings is 1. The van der Waals surface area contributed by atoms with Crippen LogP contribution in [0.15, 0.2) is 24.3 Å².